The highest BCUT2D eigenvalue weighted by atomic mass is 32.1. The van der Waals surface area contributed by atoms with Crippen molar-refractivity contribution in [2.75, 3.05) is 26.9 Å². The molecule has 0 spiro atoms. The maximum atomic E-state index is 14.6. The second kappa shape index (κ2) is 9.34. The molecule has 0 radical (unpaired) electrons. The molecule has 3 aliphatic heterocycles. The first-order valence-electron chi connectivity index (χ1n) is 11.3. The van der Waals surface area contributed by atoms with Crippen molar-refractivity contribution >= 4 is 29.1 Å². The quantitative estimate of drug-likeness (QED) is 0.561. The van der Waals surface area contributed by atoms with Crippen LogP contribution in [0.2, 0.25) is 0 Å². The van der Waals surface area contributed by atoms with E-state index >= 15 is 0 Å². The van der Waals surface area contributed by atoms with Gasteiger partial charge in [-0.3, -0.25) is 14.7 Å². The minimum Gasteiger partial charge on any atom is -0.480 e. The number of esters is 1. The van der Waals surface area contributed by atoms with Crippen LogP contribution in [0.1, 0.15) is 35.0 Å². The van der Waals surface area contributed by atoms with Crippen LogP contribution >= 0.6 is 11.3 Å². The molecule has 0 saturated carbocycles. The van der Waals surface area contributed by atoms with Crippen molar-refractivity contribution in [3.63, 3.8) is 0 Å². The fourth-order valence-corrected chi connectivity index (χ4v) is 5.78. The van der Waals surface area contributed by atoms with Crippen LogP contribution < -0.4 is 5.32 Å². The first-order chi connectivity index (χ1) is 17.3. The summed E-state index contributed by atoms with van der Waals surface area (Å²) in [7, 11) is 1.22. The van der Waals surface area contributed by atoms with Gasteiger partial charge in [-0.05, 0) is 37.0 Å². The number of fused-ring (bicyclic) bond motifs is 2. The zero-order chi connectivity index (χ0) is 25.6. The highest BCUT2D eigenvalue weighted by Gasteiger charge is 2.55. The van der Waals surface area contributed by atoms with E-state index in [0.29, 0.717) is 41.6 Å². The lowest BCUT2D eigenvalue weighted by Gasteiger charge is -2.42. The van der Waals surface area contributed by atoms with Crippen LogP contribution in [0.3, 0.4) is 0 Å². The van der Waals surface area contributed by atoms with Crippen LogP contribution in [-0.2, 0) is 19.1 Å². The number of nitrogens with zero attached hydrogens (tertiary/aromatic N) is 3. The Hall–Kier alpha value is -3.22. The summed E-state index contributed by atoms with van der Waals surface area (Å²) >= 11 is 1.31. The van der Waals surface area contributed by atoms with Crippen LogP contribution in [-0.4, -0.2) is 71.2 Å². The van der Waals surface area contributed by atoms with E-state index in [1.165, 1.54) is 31.4 Å². The standard InChI is InChI=1S/C24H24F2N4O5S/c1-12-14(3-4-15(25)18(12)26)19-17(22(31)34-2)16(28-20(29-19)21-27-7-8-36-21)9-30-13-5-6-24(30,23(32)33)11-35-10-13/h3-4,7-8,13,19H,5-6,9-11H2,1-2H3,(H,28,29)(H,32,33)/t13-,19-,24+/m0/s1. The lowest BCUT2D eigenvalue weighted by atomic mass is 9.91. The molecule has 1 aromatic carbocycles. The second-order valence-electron chi connectivity index (χ2n) is 8.97. The number of halogens is 2. The molecule has 9 nitrogen and oxygen atoms in total. The van der Waals surface area contributed by atoms with Crippen molar-refractivity contribution in [2.45, 2.75) is 37.4 Å². The summed E-state index contributed by atoms with van der Waals surface area (Å²) in [5.41, 5.74) is -0.463. The third kappa shape index (κ3) is 3.89. The smallest absolute Gasteiger partial charge is 0.338 e. The first kappa shape index (κ1) is 24.5. The van der Waals surface area contributed by atoms with Crippen molar-refractivity contribution in [3.05, 3.63) is 62.7 Å². The van der Waals surface area contributed by atoms with Crippen molar-refractivity contribution in [3.8, 4) is 0 Å². The van der Waals surface area contributed by atoms with E-state index in [1.54, 1.807) is 11.6 Å². The minimum atomic E-state index is -1.23. The Kier molecular flexibility index (Phi) is 6.35. The number of aliphatic imine (C=N–C) groups is 1. The van der Waals surface area contributed by atoms with Gasteiger partial charge < -0.3 is 19.9 Å². The Labute approximate surface area is 209 Å². The summed E-state index contributed by atoms with van der Waals surface area (Å²) in [4.78, 5) is 36.3. The molecule has 1 aromatic heterocycles. The number of carboxylic acids is 1. The number of aromatic nitrogens is 1. The van der Waals surface area contributed by atoms with Gasteiger partial charge in [0, 0.05) is 29.9 Å². The SMILES string of the molecule is COC(=O)C1=C(CN2[C@H]3CC[C@]2(C(=O)O)COC3)NC(c2nccs2)=N[C@H]1c1ccc(F)c(F)c1C. The van der Waals surface area contributed by atoms with Crippen LogP contribution in [0, 0.1) is 18.6 Å². The number of benzene rings is 1. The maximum absolute atomic E-state index is 14.6. The Balaban J connectivity index is 1.66. The van der Waals surface area contributed by atoms with Gasteiger partial charge in [-0.25, -0.2) is 18.6 Å². The molecule has 190 valence electrons. The fraction of sp³-hybridized carbons (Fsp3) is 0.417. The van der Waals surface area contributed by atoms with Gasteiger partial charge in [0.15, 0.2) is 22.5 Å². The molecule has 0 aliphatic carbocycles. The Morgan fingerprint density at radius 1 is 1.39 bits per heavy atom. The van der Waals surface area contributed by atoms with Crippen LogP contribution in [0.4, 0.5) is 8.78 Å². The van der Waals surface area contributed by atoms with Crippen molar-refractivity contribution < 1.29 is 33.0 Å². The predicted octanol–water partition coefficient (Wildman–Crippen LogP) is 2.57. The van der Waals surface area contributed by atoms with Gasteiger partial charge in [-0.15, -0.1) is 11.3 Å². The fourth-order valence-electron chi connectivity index (χ4n) is 5.20. The summed E-state index contributed by atoms with van der Waals surface area (Å²) < 4.78 is 39.2. The molecule has 2 aromatic rings. The molecule has 4 heterocycles. The molecule has 36 heavy (non-hydrogen) atoms. The molecule has 3 aliphatic rings. The van der Waals surface area contributed by atoms with Crippen molar-refractivity contribution in [1.29, 1.82) is 0 Å². The van der Waals surface area contributed by atoms with Crippen molar-refractivity contribution in [2.24, 2.45) is 4.99 Å². The maximum Gasteiger partial charge on any atom is 0.338 e. The number of aliphatic carboxylic acids is 1. The van der Waals surface area contributed by atoms with E-state index in [0.717, 1.165) is 6.07 Å². The Bertz CT molecular complexity index is 1280. The third-order valence-electron chi connectivity index (χ3n) is 7.10. The molecular weight excluding hydrogens is 494 g/mol. The number of amidine groups is 1. The van der Waals surface area contributed by atoms with Gasteiger partial charge in [-0.1, -0.05) is 6.07 Å². The molecule has 2 fully saturated rings. The van der Waals surface area contributed by atoms with E-state index < -0.39 is 35.2 Å². The number of thiazole rings is 1. The molecule has 2 saturated heterocycles. The normalized spacial score (nSPS) is 25.9. The van der Waals surface area contributed by atoms with Crippen molar-refractivity contribution in [1.82, 2.24) is 15.2 Å². The molecule has 5 rings (SSSR count). The molecule has 2 N–H and O–H groups in total. The number of carbonyl (C=O) groups is 2. The van der Waals surface area contributed by atoms with E-state index in [4.69, 9.17) is 9.47 Å². The number of methoxy groups -OCH3 is 1. The van der Waals surface area contributed by atoms with Gasteiger partial charge in [0.25, 0.3) is 0 Å². The largest absolute Gasteiger partial charge is 0.480 e. The number of nitrogens with one attached hydrogen (secondary N) is 1. The number of rotatable bonds is 6. The van der Waals surface area contributed by atoms with E-state index in [2.05, 4.69) is 15.3 Å². The Morgan fingerprint density at radius 3 is 2.89 bits per heavy atom. The molecule has 12 heteroatoms. The lowest BCUT2D eigenvalue weighted by Crippen LogP contribution is -2.61. The molecular formula is C24H24F2N4O5S. The summed E-state index contributed by atoms with van der Waals surface area (Å²) in [5, 5.41) is 15.6. The average molecular weight is 519 g/mol. The zero-order valence-electron chi connectivity index (χ0n) is 19.6. The van der Waals surface area contributed by atoms with Gasteiger partial charge in [0.05, 0.1) is 25.9 Å². The van der Waals surface area contributed by atoms with Gasteiger partial charge in [0.1, 0.15) is 11.6 Å². The highest BCUT2D eigenvalue weighted by Crippen LogP contribution is 2.41. The second-order valence-corrected chi connectivity index (χ2v) is 9.87. The topological polar surface area (TPSA) is 113 Å². The van der Waals surface area contributed by atoms with Crippen LogP contribution in [0.15, 0.2) is 40.0 Å². The average Bonchev–Trinajstić information content (AvgIpc) is 3.46. The summed E-state index contributed by atoms with van der Waals surface area (Å²) in [6.07, 6.45) is 2.64. The van der Waals surface area contributed by atoms with Gasteiger partial charge in [-0.2, -0.15) is 0 Å². The first-order valence-corrected chi connectivity index (χ1v) is 12.2. The third-order valence-corrected chi connectivity index (χ3v) is 7.88. The summed E-state index contributed by atoms with van der Waals surface area (Å²) in [6.45, 7) is 1.88. The van der Waals surface area contributed by atoms with Crippen LogP contribution in [0.5, 0.6) is 0 Å². The number of hydrogen-bond donors (Lipinski definition) is 2. The van der Waals surface area contributed by atoms with E-state index in [9.17, 15) is 23.5 Å². The van der Waals surface area contributed by atoms with Gasteiger partial charge in [0.2, 0.25) is 0 Å². The van der Waals surface area contributed by atoms with Gasteiger partial charge >= 0.3 is 11.9 Å². The summed E-state index contributed by atoms with van der Waals surface area (Å²) in [6, 6.07) is 1.20. The van der Waals surface area contributed by atoms with E-state index in [1.807, 2.05) is 4.90 Å². The number of ether oxygens (including phenoxy) is 2. The molecule has 0 amide bonds. The molecule has 2 bridgehead atoms. The summed E-state index contributed by atoms with van der Waals surface area (Å²) in [5.74, 6) is -3.40. The zero-order valence-corrected chi connectivity index (χ0v) is 20.4. The number of carboxylic acid groups (broad SMARTS) is 1. The monoisotopic (exact) mass is 518 g/mol. The minimum absolute atomic E-state index is 0.0124. The molecule has 0 unspecified atom stereocenters. The lowest BCUT2D eigenvalue weighted by molar-refractivity contribution is -0.161. The van der Waals surface area contributed by atoms with E-state index in [-0.39, 0.29) is 30.3 Å². The molecule has 3 atom stereocenters. The van der Waals surface area contributed by atoms with Crippen LogP contribution in [0.25, 0.3) is 0 Å². The predicted molar refractivity (Wildman–Crippen MR) is 126 cm³/mol. The number of hydrogen-bond acceptors (Lipinski definition) is 9. The Morgan fingerprint density at radius 2 is 2.19 bits per heavy atom. The number of morpholine rings is 1. The highest BCUT2D eigenvalue weighted by molar-refractivity contribution is 7.11. The number of carbonyl (C=O) groups excluding carboxylic acids is 1.